The van der Waals surface area contributed by atoms with Gasteiger partial charge in [-0.1, -0.05) is 37.3 Å². The molecule has 1 aromatic rings. The number of nitrogens with zero attached hydrogens (tertiary/aromatic N) is 1. The summed E-state index contributed by atoms with van der Waals surface area (Å²) in [7, 11) is 0. The molecule has 5 nitrogen and oxygen atoms in total. The lowest BCUT2D eigenvalue weighted by atomic mass is 9.91. The minimum atomic E-state index is -0.850. The summed E-state index contributed by atoms with van der Waals surface area (Å²) in [5.74, 6) is -1.17. The van der Waals surface area contributed by atoms with Crippen LogP contribution in [0, 0.1) is 11.8 Å². The van der Waals surface area contributed by atoms with E-state index in [0.29, 0.717) is 13.0 Å². The van der Waals surface area contributed by atoms with Crippen LogP contribution in [0.25, 0.3) is 0 Å². The van der Waals surface area contributed by atoms with Gasteiger partial charge in [-0.3, -0.25) is 4.79 Å². The summed E-state index contributed by atoms with van der Waals surface area (Å²) >= 11 is 0. The molecule has 2 atom stereocenters. The van der Waals surface area contributed by atoms with E-state index < -0.39 is 18.0 Å². The molecule has 1 aromatic carbocycles. The normalized spacial score (nSPS) is 22.4. The fourth-order valence-electron chi connectivity index (χ4n) is 2.49. The van der Waals surface area contributed by atoms with Gasteiger partial charge in [-0.15, -0.1) is 0 Å². The molecule has 1 aliphatic heterocycles. The molecule has 2 unspecified atom stereocenters. The van der Waals surface area contributed by atoms with E-state index in [4.69, 9.17) is 9.84 Å². The van der Waals surface area contributed by atoms with Crippen LogP contribution in [-0.4, -0.2) is 35.2 Å². The smallest absolute Gasteiger partial charge is 0.410 e. The molecule has 0 saturated carbocycles. The first-order valence-electron chi connectivity index (χ1n) is 6.74. The minimum absolute atomic E-state index is 0.175. The van der Waals surface area contributed by atoms with Crippen LogP contribution in [0.2, 0.25) is 0 Å². The highest BCUT2D eigenvalue weighted by Gasteiger charge is 2.32. The van der Waals surface area contributed by atoms with Crippen LogP contribution in [0.3, 0.4) is 0 Å². The molecule has 1 heterocycles. The van der Waals surface area contributed by atoms with Crippen LogP contribution in [0.1, 0.15) is 18.9 Å². The van der Waals surface area contributed by atoms with Crippen molar-refractivity contribution in [2.75, 3.05) is 13.1 Å². The van der Waals surface area contributed by atoms with Crippen LogP contribution in [-0.2, 0) is 16.1 Å². The first-order valence-corrected chi connectivity index (χ1v) is 6.74. The zero-order chi connectivity index (χ0) is 14.5. The number of aliphatic carboxylic acids is 1. The fraction of sp³-hybridized carbons (Fsp3) is 0.467. The van der Waals surface area contributed by atoms with E-state index in [-0.39, 0.29) is 19.1 Å². The van der Waals surface area contributed by atoms with Gasteiger partial charge in [0.15, 0.2) is 0 Å². The average molecular weight is 277 g/mol. The molecule has 0 aromatic heterocycles. The number of rotatable bonds is 3. The third kappa shape index (κ3) is 3.73. The van der Waals surface area contributed by atoms with Gasteiger partial charge in [-0.2, -0.15) is 0 Å². The Labute approximate surface area is 118 Å². The highest BCUT2D eigenvalue weighted by Crippen LogP contribution is 2.22. The van der Waals surface area contributed by atoms with Crippen molar-refractivity contribution >= 4 is 12.1 Å². The van der Waals surface area contributed by atoms with Gasteiger partial charge in [0.2, 0.25) is 0 Å². The third-order valence-corrected chi connectivity index (χ3v) is 3.47. The highest BCUT2D eigenvalue weighted by molar-refractivity contribution is 5.73. The van der Waals surface area contributed by atoms with Crippen molar-refractivity contribution in [3.63, 3.8) is 0 Å². The number of carbonyl (C=O) groups is 2. The van der Waals surface area contributed by atoms with Gasteiger partial charge in [0, 0.05) is 13.1 Å². The first-order chi connectivity index (χ1) is 9.56. The second-order valence-corrected chi connectivity index (χ2v) is 5.32. The topological polar surface area (TPSA) is 66.8 Å². The maximum absolute atomic E-state index is 12.0. The van der Waals surface area contributed by atoms with Gasteiger partial charge in [0.05, 0.1) is 5.92 Å². The molecular formula is C15H19NO4. The van der Waals surface area contributed by atoms with Crippen LogP contribution >= 0.6 is 0 Å². The van der Waals surface area contributed by atoms with Gasteiger partial charge in [0.25, 0.3) is 0 Å². The van der Waals surface area contributed by atoms with Crippen molar-refractivity contribution in [1.29, 1.82) is 0 Å². The lowest BCUT2D eigenvalue weighted by Crippen LogP contribution is -2.45. The molecule has 1 fully saturated rings. The molecule has 1 N–H and O–H groups in total. The summed E-state index contributed by atoms with van der Waals surface area (Å²) in [6, 6.07) is 9.42. The number of benzene rings is 1. The summed E-state index contributed by atoms with van der Waals surface area (Å²) < 4.78 is 5.24. The van der Waals surface area contributed by atoms with Crippen molar-refractivity contribution in [2.45, 2.75) is 20.0 Å². The summed E-state index contributed by atoms with van der Waals surface area (Å²) in [6.45, 7) is 2.94. The van der Waals surface area contributed by atoms with E-state index in [1.165, 1.54) is 4.90 Å². The molecule has 5 heteroatoms. The van der Waals surface area contributed by atoms with E-state index >= 15 is 0 Å². The summed E-state index contributed by atoms with van der Waals surface area (Å²) in [5.41, 5.74) is 0.917. The fourth-order valence-corrected chi connectivity index (χ4v) is 2.49. The van der Waals surface area contributed by atoms with Crippen LogP contribution in [0.4, 0.5) is 4.79 Å². The Morgan fingerprint density at radius 3 is 2.65 bits per heavy atom. The number of ether oxygens (including phenoxy) is 1. The highest BCUT2D eigenvalue weighted by atomic mass is 16.6. The summed E-state index contributed by atoms with van der Waals surface area (Å²) in [5, 5.41) is 9.08. The Morgan fingerprint density at radius 1 is 1.30 bits per heavy atom. The number of carbonyl (C=O) groups excluding carboxylic acids is 1. The molecule has 1 saturated heterocycles. The van der Waals surface area contributed by atoms with E-state index in [2.05, 4.69) is 0 Å². The standard InChI is InChI=1S/C15H19NO4/c1-11-7-13(14(17)18)9-16(8-11)15(19)20-10-12-5-3-2-4-6-12/h2-6,11,13H,7-10H2,1H3,(H,17,18). The molecular weight excluding hydrogens is 258 g/mol. The number of amides is 1. The second kappa shape index (κ2) is 6.41. The molecule has 0 aliphatic carbocycles. The largest absolute Gasteiger partial charge is 0.481 e. The minimum Gasteiger partial charge on any atom is -0.481 e. The van der Waals surface area contributed by atoms with Crippen molar-refractivity contribution in [3.8, 4) is 0 Å². The molecule has 0 spiro atoms. The monoisotopic (exact) mass is 277 g/mol. The lowest BCUT2D eigenvalue weighted by molar-refractivity contribution is -0.144. The summed E-state index contributed by atoms with van der Waals surface area (Å²) in [6.07, 6.45) is 0.171. The number of hydrogen-bond donors (Lipinski definition) is 1. The van der Waals surface area contributed by atoms with E-state index in [0.717, 1.165) is 5.56 Å². The van der Waals surface area contributed by atoms with E-state index in [9.17, 15) is 9.59 Å². The maximum Gasteiger partial charge on any atom is 0.410 e. The Bertz CT molecular complexity index is 474. The Balaban J connectivity index is 1.90. The van der Waals surface area contributed by atoms with Crippen molar-refractivity contribution in [1.82, 2.24) is 4.90 Å². The summed E-state index contributed by atoms with van der Waals surface area (Å²) in [4.78, 5) is 24.6. The predicted molar refractivity (Wildman–Crippen MR) is 73.1 cm³/mol. The Morgan fingerprint density at radius 2 is 2.00 bits per heavy atom. The third-order valence-electron chi connectivity index (χ3n) is 3.47. The van der Waals surface area contributed by atoms with Crippen molar-refractivity contribution in [3.05, 3.63) is 35.9 Å². The Hall–Kier alpha value is -2.04. The molecule has 0 radical (unpaired) electrons. The molecule has 2 rings (SSSR count). The van der Waals surface area contributed by atoms with Gasteiger partial charge in [-0.05, 0) is 17.9 Å². The molecule has 20 heavy (non-hydrogen) atoms. The number of carboxylic acid groups (broad SMARTS) is 1. The van der Waals surface area contributed by atoms with Gasteiger partial charge in [-0.25, -0.2) is 4.79 Å². The average Bonchev–Trinajstić information content (AvgIpc) is 2.45. The molecule has 108 valence electrons. The number of piperidine rings is 1. The number of likely N-dealkylation sites (tertiary alicyclic amines) is 1. The van der Waals surface area contributed by atoms with Gasteiger partial charge in [0.1, 0.15) is 6.61 Å². The van der Waals surface area contributed by atoms with Gasteiger partial charge < -0.3 is 14.7 Å². The number of carboxylic acids is 1. The van der Waals surface area contributed by atoms with Crippen LogP contribution < -0.4 is 0 Å². The van der Waals surface area contributed by atoms with Crippen molar-refractivity contribution in [2.24, 2.45) is 11.8 Å². The SMILES string of the molecule is CC1CC(C(=O)O)CN(C(=O)OCc2ccccc2)C1. The Kier molecular flexibility index (Phi) is 4.61. The van der Waals surface area contributed by atoms with Crippen LogP contribution in [0.15, 0.2) is 30.3 Å². The van der Waals surface area contributed by atoms with Crippen LogP contribution in [0.5, 0.6) is 0 Å². The molecule has 0 bridgehead atoms. The second-order valence-electron chi connectivity index (χ2n) is 5.32. The lowest BCUT2D eigenvalue weighted by Gasteiger charge is -2.33. The molecule has 1 aliphatic rings. The zero-order valence-electron chi connectivity index (χ0n) is 11.5. The van der Waals surface area contributed by atoms with Gasteiger partial charge >= 0.3 is 12.1 Å². The predicted octanol–water partition coefficient (Wildman–Crippen LogP) is 2.37. The maximum atomic E-state index is 12.0. The van der Waals surface area contributed by atoms with E-state index in [1.54, 1.807) is 0 Å². The van der Waals surface area contributed by atoms with Crippen molar-refractivity contribution < 1.29 is 19.4 Å². The quantitative estimate of drug-likeness (QED) is 0.921. The molecule has 1 amide bonds. The van der Waals surface area contributed by atoms with E-state index in [1.807, 2.05) is 37.3 Å². The number of hydrogen-bond acceptors (Lipinski definition) is 3. The zero-order valence-corrected chi connectivity index (χ0v) is 11.5. The first kappa shape index (κ1) is 14.4.